The van der Waals surface area contributed by atoms with Crippen LogP contribution in [0.4, 0.5) is 0 Å². The molecule has 1 saturated heterocycles. The molecule has 1 aliphatic heterocycles. The predicted molar refractivity (Wildman–Crippen MR) is 108 cm³/mol. The zero-order valence-electron chi connectivity index (χ0n) is 16.5. The molecule has 0 radical (unpaired) electrons. The monoisotopic (exact) mass is 416 g/mol. The van der Waals surface area contributed by atoms with E-state index in [-0.39, 0.29) is 11.5 Å². The van der Waals surface area contributed by atoms with E-state index < -0.39 is 10.0 Å². The van der Waals surface area contributed by atoms with Gasteiger partial charge in [0.25, 0.3) is 0 Å². The van der Waals surface area contributed by atoms with Crippen molar-refractivity contribution >= 4 is 21.1 Å². The highest BCUT2D eigenvalue weighted by atomic mass is 32.2. The zero-order valence-corrected chi connectivity index (χ0v) is 17.3. The third-order valence-corrected chi connectivity index (χ3v) is 6.99. The van der Waals surface area contributed by atoms with E-state index in [1.807, 2.05) is 24.3 Å². The Morgan fingerprint density at radius 3 is 2.86 bits per heavy atom. The Balaban J connectivity index is 1.59. The molecular weight excluding hydrogens is 392 g/mol. The Kier molecular flexibility index (Phi) is 5.42. The smallest absolute Gasteiger partial charge is 0.243 e. The van der Waals surface area contributed by atoms with Crippen LogP contribution in [0.1, 0.15) is 25.3 Å². The average Bonchev–Trinajstić information content (AvgIpc) is 3.14. The molecule has 4 rings (SSSR count). The van der Waals surface area contributed by atoms with Crippen LogP contribution in [0.2, 0.25) is 0 Å². The standard InChI is InChI=1S/C20H24N4O4S/c1-15-5-4-10-23(13-15)29(25,26)18-8-9-19-20(12-18)24(22-21-19)28-14-16-6-3-7-17(11-16)27-2/h3,6-9,11-12,15H,4-5,10,13-14H2,1-2H3/t15-/m1/s1. The number of methoxy groups -OCH3 is 1. The van der Waals surface area contributed by atoms with E-state index in [0.717, 1.165) is 24.2 Å². The van der Waals surface area contributed by atoms with Gasteiger partial charge in [-0.2, -0.15) is 4.31 Å². The molecule has 0 spiro atoms. The molecule has 0 bridgehead atoms. The molecule has 2 aromatic carbocycles. The highest BCUT2D eigenvalue weighted by molar-refractivity contribution is 7.89. The minimum absolute atomic E-state index is 0.229. The Hall–Kier alpha value is -2.65. The number of aromatic nitrogens is 3. The van der Waals surface area contributed by atoms with Gasteiger partial charge >= 0.3 is 0 Å². The average molecular weight is 417 g/mol. The highest BCUT2D eigenvalue weighted by Crippen LogP contribution is 2.25. The van der Waals surface area contributed by atoms with E-state index >= 15 is 0 Å². The van der Waals surface area contributed by atoms with Gasteiger partial charge in [0.1, 0.15) is 23.4 Å². The summed E-state index contributed by atoms with van der Waals surface area (Å²) in [6, 6.07) is 12.3. The number of benzene rings is 2. The van der Waals surface area contributed by atoms with Crippen LogP contribution in [0.15, 0.2) is 47.4 Å². The first-order chi connectivity index (χ1) is 14.0. The minimum atomic E-state index is -3.56. The first-order valence-corrected chi connectivity index (χ1v) is 11.0. The van der Waals surface area contributed by atoms with Crippen molar-refractivity contribution in [2.24, 2.45) is 5.92 Å². The van der Waals surface area contributed by atoms with Gasteiger partial charge in [-0.3, -0.25) is 0 Å². The lowest BCUT2D eigenvalue weighted by atomic mass is 10.0. The fraction of sp³-hybridized carbons (Fsp3) is 0.400. The Morgan fingerprint density at radius 1 is 1.21 bits per heavy atom. The van der Waals surface area contributed by atoms with Crippen molar-refractivity contribution in [1.82, 2.24) is 19.5 Å². The molecule has 29 heavy (non-hydrogen) atoms. The molecule has 0 saturated carbocycles. The zero-order chi connectivity index (χ0) is 20.4. The molecule has 2 heterocycles. The largest absolute Gasteiger partial charge is 0.497 e. The van der Waals surface area contributed by atoms with Crippen molar-refractivity contribution in [3.05, 3.63) is 48.0 Å². The summed E-state index contributed by atoms with van der Waals surface area (Å²) in [6.45, 7) is 3.42. The molecule has 3 aromatic rings. The van der Waals surface area contributed by atoms with Crippen molar-refractivity contribution in [1.29, 1.82) is 0 Å². The Bertz CT molecular complexity index is 1110. The summed E-state index contributed by atoms with van der Waals surface area (Å²) in [7, 11) is -1.96. The van der Waals surface area contributed by atoms with Gasteiger partial charge in [0, 0.05) is 13.1 Å². The second kappa shape index (κ2) is 8.00. The lowest BCUT2D eigenvalue weighted by Crippen LogP contribution is -2.39. The Morgan fingerprint density at radius 2 is 2.07 bits per heavy atom. The van der Waals surface area contributed by atoms with Gasteiger partial charge in [-0.1, -0.05) is 23.9 Å². The summed E-state index contributed by atoms with van der Waals surface area (Å²) in [5, 5.41) is 8.07. The van der Waals surface area contributed by atoms with Crippen molar-refractivity contribution in [2.45, 2.75) is 31.3 Å². The van der Waals surface area contributed by atoms with Crippen LogP contribution in [0.5, 0.6) is 5.75 Å². The molecule has 0 N–H and O–H groups in total. The predicted octanol–water partition coefficient (Wildman–Crippen LogP) is 2.49. The van der Waals surface area contributed by atoms with E-state index in [1.165, 1.54) is 4.85 Å². The summed E-state index contributed by atoms with van der Waals surface area (Å²) in [6.07, 6.45) is 1.94. The van der Waals surface area contributed by atoms with E-state index in [2.05, 4.69) is 17.2 Å². The van der Waals surface area contributed by atoms with Gasteiger partial charge in [0.15, 0.2) is 0 Å². The third kappa shape index (κ3) is 4.06. The topological polar surface area (TPSA) is 86.5 Å². The summed E-state index contributed by atoms with van der Waals surface area (Å²) >= 11 is 0. The fourth-order valence-corrected chi connectivity index (χ4v) is 5.16. The van der Waals surface area contributed by atoms with Crippen LogP contribution in [0.25, 0.3) is 11.0 Å². The second-order valence-corrected chi connectivity index (χ2v) is 9.29. The highest BCUT2D eigenvalue weighted by Gasteiger charge is 2.29. The number of rotatable bonds is 6. The molecule has 1 aromatic heterocycles. The second-order valence-electron chi connectivity index (χ2n) is 7.35. The van der Waals surface area contributed by atoms with Gasteiger partial charge in [0.2, 0.25) is 10.0 Å². The summed E-state index contributed by atoms with van der Waals surface area (Å²) in [5.41, 5.74) is 1.99. The van der Waals surface area contributed by atoms with Crippen LogP contribution in [-0.4, -0.2) is 48.1 Å². The molecule has 8 nitrogen and oxygen atoms in total. The van der Waals surface area contributed by atoms with Gasteiger partial charge in [0.05, 0.1) is 12.0 Å². The summed E-state index contributed by atoms with van der Waals surface area (Å²) in [4.78, 5) is 7.25. The maximum Gasteiger partial charge on any atom is 0.243 e. The first kappa shape index (κ1) is 19.7. The summed E-state index contributed by atoms with van der Waals surface area (Å²) < 4.78 is 32.9. The molecule has 0 aliphatic carbocycles. The number of fused-ring (bicyclic) bond motifs is 1. The molecule has 1 atom stereocenters. The van der Waals surface area contributed by atoms with E-state index in [9.17, 15) is 8.42 Å². The van der Waals surface area contributed by atoms with Crippen molar-refractivity contribution in [3.8, 4) is 5.75 Å². The van der Waals surface area contributed by atoms with Gasteiger partial charge < -0.3 is 9.57 Å². The van der Waals surface area contributed by atoms with Crippen LogP contribution in [0.3, 0.4) is 0 Å². The van der Waals surface area contributed by atoms with Gasteiger partial charge in [-0.05, 0) is 59.9 Å². The number of piperidine rings is 1. The molecule has 1 fully saturated rings. The molecule has 0 amide bonds. The fourth-order valence-electron chi connectivity index (χ4n) is 3.55. The van der Waals surface area contributed by atoms with Gasteiger partial charge in [-0.15, -0.1) is 5.10 Å². The van der Waals surface area contributed by atoms with Crippen molar-refractivity contribution in [3.63, 3.8) is 0 Å². The number of hydrogen-bond acceptors (Lipinski definition) is 6. The maximum atomic E-state index is 13.1. The molecule has 154 valence electrons. The van der Waals surface area contributed by atoms with Crippen molar-refractivity contribution < 1.29 is 18.0 Å². The molecule has 0 unspecified atom stereocenters. The molecular formula is C20H24N4O4S. The minimum Gasteiger partial charge on any atom is -0.497 e. The van der Waals surface area contributed by atoms with Crippen LogP contribution in [0, 0.1) is 5.92 Å². The first-order valence-electron chi connectivity index (χ1n) is 9.59. The normalized spacial score (nSPS) is 18.1. The summed E-state index contributed by atoms with van der Waals surface area (Å²) in [5.74, 6) is 1.10. The number of sulfonamides is 1. The number of ether oxygens (including phenoxy) is 1. The molecule has 1 aliphatic rings. The van der Waals surface area contributed by atoms with Crippen LogP contribution < -0.4 is 9.57 Å². The van der Waals surface area contributed by atoms with E-state index in [1.54, 1.807) is 29.6 Å². The third-order valence-electron chi connectivity index (χ3n) is 5.13. The molecule has 9 heteroatoms. The van der Waals surface area contributed by atoms with Crippen molar-refractivity contribution in [2.75, 3.05) is 20.2 Å². The Labute approximate surface area is 170 Å². The lowest BCUT2D eigenvalue weighted by Gasteiger charge is -2.30. The SMILES string of the molecule is COc1cccc(COn2nnc3ccc(S(=O)(=O)N4CCC[C@@H](C)C4)cc32)c1. The van der Waals surface area contributed by atoms with E-state index in [0.29, 0.717) is 30.0 Å². The van der Waals surface area contributed by atoms with Crippen LogP contribution in [-0.2, 0) is 16.6 Å². The quantitative estimate of drug-likeness (QED) is 0.614. The van der Waals surface area contributed by atoms with E-state index in [4.69, 9.17) is 9.57 Å². The lowest BCUT2D eigenvalue weighted by molar-refractivity contribution is 0.0750. The van der Waals surface area contributed by atoms with Crippen LogP contribution >= 0.6 is 0 Å². The number of nitrogens with zero attached hydrogens (tertiary/aromatic N) is 4. The maximum absolute atomic E-state index is 13.1. The number of hydrogen-bond donors (Lipinski definition) is 0. The van der Waals surface area contributed by atoms with Gasteiger partial charge in [-0.25, -0.2) is 8.42 Å².